The van der Waals surface area contributed by atoms with Crippen LogP contribution < -0.4 is 10.1 Å². The highest BCUT2D eigenvalue weighted by Crippen LogP contribution is 2.23. The number of halogens is 1. The predicted octanol–water partition coefficient (Wildman–Crippen LogP) is 3.28. The van der Waals surface area contributed by atoms with E-state index in [1.165, 1.54) is 19.3 Å². The molecule has 1 aliphatic carbocycles. The lowest BCUT2D eigenvalue weighted by molar-refractivity contribution is -0.123. The standard InChI is InChI=1S/C15H20BrNO2/c16-13-9-5-2-6-10-14(13)17-15(18)11-19-12-7-3-1-4-8-12/h1,3-4,7-8,13-14H,2,5-6,9-11H2,(H,17,18). The first-order valence-electron chi connectivity index (χ1n) is 6.87. The van der Waals surface area contributed by atoms with E-state index >= 15 is 0 Å². The molecule has 19 heavy (non-hydrogen) atoms. The van der Waals surface area contributed by atoms with E-state index in [4.69, 9.17) is 4.74 Å². The van der Waals surface area contributed by atoms with Crippen molar-refractivity contribution in [1.29, 1.82) is 0 Å². The van der Waals surface area contributed by atoms with Crippen molar-refractivity contribution >= 4 is 21.8 Å². The molecule has 1 fully saturated rings. The highest BCUT2D eigenvalue weighted by atomic mass is 79.9. The van der Waals surface area contributed by atoms with Crippen molar-refractivity contribution in [2.24, 2.45) is 0 Å². The second-order valence-electron chi connectivity index (χ2n) is 4.93. The summed E-state index contributed by atoms with van der Waals surface area (Å²) in [7, 11) is 0. The number of carbonyl (C=O) groups excluding carboxylic acids is 1. The maximum atomic E-state index is 11.9. The Kier molecular flexibility index (Phi) is 5.70. The summed E-state index contributed by atoms with van der Waals surface area (Å²) in [6.45, 7) is 0.0836. The van der Waals surface area contributed by atoms with Crippen LogP contribution >= 0.6 is 15.9 Å². The number of hydrogen-bond donors (Lipinski definition) is 1. The van der Waals surface area contributed by atoms with Crippen LogP contribution in [0.1, 0.15) is 32.1 Å². The number of rotatable bonds is 4. The summed E-state index contributed by atoms with van der Waals surface area (Å²) in [5.41, 5.74) is 0. The minimum Gasteiger partial charge on any atom is -0.484 e. The highest BCUT2D eigenvalue weighted by Gasteiger charge is 2.22. The molecule has 3 nitrogen and oxygen atoms in total. The smallest absolute Gasteiger partial charge is 0.258 e. The van der Waals surface area contributed by atoms with Gasteiger partial charge in [-0.3, -0.25) is 4.79 Å². The van der Waals surface area contributed by atoms with Crippen LogP contribution in [-0.2, 0) is 4.79 Å². The average Bonchev–Trinajstić information content (AvgIpc) is 2.63. The Balaban J connectivity index is 1.77. The molecule has 1 saturated carbocycles. The summed E-state index contributed by atoms with van der Waals surface area (Å²) in [4.78, 5) is 12.3. The van der Waals surface area contributed by atoms with Crippen LogP contribution in [-0.4, -0.2) is 23.4 Å². The van der Waals surface area contributed by atoms with Gasteiger partial charge in [0.05, 0.1) is 0 Å². The average molecular weight is 326 g/mol. The van der Waals surface area contributed by atoms with Crippen LogP contribution in [0, 0.1) is 0 Å². The number of hydrogen-bond acceptors (Lipinski definition) is 2. The molecular weight excluding hydrogens is 306 g/mol. The molecule has 2 atom stereocenters. The molecule has 0 aromatic heterocycles. The topological polar surface area (TPSA) is 38.3 Å². The molecule has 1 aromatic carbocycles. The molecule has 1 aromatic rings. The van der Waals surface area contributed by atoms with Crippen molar-refractivity contribution in [3.05, 3.63) is 30.3 Å². The molecule has 4 heteroatoms. The van der Waals surface area contributed by atoms with E-state index in [-0.39, 0.29) is 18.6 Å². The van der Waals surface area contributed by atoms with Crippen molar-refractivity contribution in [2.75, 3.05) is 6.61 Å². The van der Waals surface area contributed by atoms with Gasteiger partial charge in [-0.2, -0.15) is 0 Å². The summed E-state index contributed by atoms with van der Waals surface area (Å²) >= 11 is 3.67. The third kappa shape index (κ3) is 4.86. The third-order valence-corrected chi connectivity index (χ3v) is 4.49. The lowest BCUT2D eigenvalue weighted by Gasteiger charge is -2.21. The fourth-order valence-corrected chi connectivity index (χ4v) is 3.06. The molecule has 0 heterocycles. The Morgan fingerprint density at radius 2 is 1.95 bits per heavy atom. The Hall–Kier alpha value is -1.03. The molecule has 0 spiro atoms. The van der Waals surface area contributed by atoms with E-state index in [1.807, 2.05) is 30.3 Å². The normalized spacial score (nSPS) is 23.4. The van der Waals surface area contributed by atoms with Crippen LogP contribution in [0.5, 0.6) is 5.75 Å². The SMILES string of the molecule is O=C(COc1ccccc1)NC1CCCCCC1Br. The van der Waals surface area contributed by atoms with Gasteiger partial charge in [0.1, 0.15) is 5.75 Å². The maximum Gasteiger partial charge on any atom is 0.258 e. The molecule has 0 bridgehead atoms. The number of para-hydroxylation sites is 1. The molecular formula is C15H20BrNO2. The largest absolute Gasteiger partial charge is 0.484 e. The van der Waals surface area contributed by atoms with Crippen molar-refractivity contribution in [2.45, 2.75) is 43.0 Å². The van der Waals surface area contributed by atoms with Crippen LogP contribution in [0.4, 0.5) is 0 Å². The summed E-state index contributed by atoms with van der Waals surface area (Å²) in [5.74, 6) is 0.689. The molecule has 1 N–H and O–H groups in total. The maximum absolute atomic E-state index is 11.9. The van der Waals surface area contributed by atoms with Crippen molar-refractivity contribution in [3.63, 3.8) is 0 Å². The van der Waals surface area contributed by atoms with Gasteiger partial charge in [0.25, 0.3) is 5.91 Å². The fraction of sp³-hybridized carbons (Fsp3) is 0.533. The Labute approximate surface area is 122 Å². The second kappa shape index (κ2) is 7.53. The summed E-state index contributed by atoms with van der Waals surface area (Å²) < 4.78 is 5.45. The van der Waals surface area contributed by atoms with E-state index in [0.29, 0.717) is 4.83 Å². The third-order valence-electron chi connectivity index (χ3n) is 3.39. The van der Waals surface area contributed by atoms with Gasteiger partial charge in [-0.15, -0.1) is 0 Å². The predicted molar refractivity (Wildman–Crippen MR) is 79.7 cm³/mol. The first kappa shape index (κ1) is 14.4. The van der Waals surface area contributed by atoms with Gasteiger partial charge in [0.15, 0.2) is 6.61 Å². The number of benzene rings is 1. The first-order chi connectivity index (χ1) is 9.25. The van der Waals surface area contributed by atoms with Gasteiger partial charge in [0, 0.05) is 10.9 Å². The van der Waals surface area contributed by atoms with Crippen molar-refractivity contribution < 1.29 is 9.53 Å². The summed E-state index contributed by atoms with van der Waals surface area (Å²) in [5, 5.41) is 3.07. The van der Waals surface area contributed by atoms with Crippen LogP contribution in [0.25, 0.3) is 0 Å². The van der Waals surface area contributed by atoms with E-state index in [2.05, 4.69) is 21.2 Å². The Morgan fingerprint density at radius 3 is 2.74 bits per heavy atom. The molecule has 2 rings (SSSR count). The van der Waals surface area contributed by atoms with Crippen molar-refractivity contribution in [1.82, 2.24) is 5.32 Å². The zero-order valence-electron chi connectivity index (χ0n) is 11.0. The Morgan fingerprint density at radius 1 is 1.21 bits per heavy atom. The van der Waals surface area contributed by atoms with Crippen molar-refractivity contribution in [3.8, 4) is 5.75 Å². The monoisotopic (exact) mass is 325 g/mol. The first-order valence-corrected chi connectivity index (χ1v) is 7.78. The molecule has 1 aliphatic rings. The van der Waals surface area contributed by atoms with Gasteiger partial charge in [-0.05, 0) is 25.0 Å². The van der Waals surface area contributed by atoms with E-state index in [1.54, 1.807) is 0 Å². The molecule has 0 radical (unpaired) electrons. The molecule has 1 amide bonds. The molecule has 104 valence electrons. The molecule has 0 aliphatic heterocycles. The van der Waals surface area contributed by atoms with Gasteiger partial charge in [-0.1, -0.05) is 53.4 Å². The van der Waals surface area contributed by atoms with E-state index in [9.17, 15) is 4.79 Å². The molecule has 0 saturated heterocycles. The number of nitrogens with one attached hydrogen (secondary N) is 1. The van der Waals surface area contributed by atoms with Gasteiger partial charge in [-0.25, -0.2) is 0 Å². The number of ether oxygens (including phenoxy) is 1. The summed E-state index contributed by atoms with van der Waals surface area (Å²) in [6.07, 6.45) is 5.86. The second-order valence-corrected chi connectivity index (χ2v) is 6.11. The fourth-order valence-electron chi connectivity index (χ4n) is 2.34. The Bertz CT molecular complexity index is 396. The zero-order chi connectivity index (χ0) is 13.5. The van der Waals surface area contributed by atoms with Gasteiger partial charge < -0.3 is 10.1 Å². The molecule has 2 unspecified atom stereocenters. The lowest BCUT2D eigenvalue weighted by Crippen LogP contribution is -2.42. The van der Waals surface area contributed by atoms with Crippen LogP contribution in [0.15, 0.2) is 30.3 Å². The highest BCUT2D eigenvalue weighted by molar-refractivity contribution is 9.09. The van der Waals surface area contributed by atoms with Crippen LogP contribution in [0.2, 0.25) is 0 Å². The van der Waals surface area contributed by atoms with Gasteiger partial charge >= 0.3 is 0 Å². The minimum absolute atomic E-state index is 0.0415. The minimum atomic E-state index is -0.0415. The summed E-state index contributed by atoms with van der Waals surface area (Å²) in [6, 6.07) is 9.65. The number of amides is 1. The van der Waals surface area contributed by atoms with E-state index in [0.717, 1.165) is 18.6 Å². The van der Waals surface area contributed by atoms with E-state index < -0.39 is 0 Å². The number of alkyl halides is 1. The number of carbonyl (C=O) groups is 1. The zero-order valence-corrected chi connectivity index (χ0v) is 12.6. The van der Waals surface area contributed by atoms with Crippen LogP contribution in [0.3, 0.4) is 0 Å². The van der Waals surface area contributed by atoms with Gasteiger partial charge in [0.2, 0.25) is 0 Å². The lowest BCUT2D eigenvalue weighted by atomic mass is 10.1. The quantitative estimate of drug-likeness (QED) is 0.681.